The highest BCUT2D eigenvalue weighted by molar-refractivity contribution is 5.57. The van der Waals surface area contributed by atoms with Gasteiger partial charge >= 0.3 is 0 Å². The fourth-order valence-electron chi connectivity index (χ4n) is 3.36. The summed E-state index contributed by atoms with van der Waals surface area (Å²) < 4.78 is 12.4. The fourth-order valence-corrected chi connectivity index (χ4v) is 3.36. The van der Waals surface area contributed by atoms with Gasteiger partial charge in [-0.05, 0) is 16.7 Å². The van der Waals surface area contributed by atoms with E-state index in [0.717, 1.165) is 16.7 Å². The molecular weight excluding hydrogens is 362 g/mol. The number of hydrogen-bond donors (Lipinski definition) is 1. The quantitative estimate of drug-likeness (QED) is 0.175. The first-order valence-corrected chi connectivity index (χ1v) is 9.52. The van der Waals surface area contributed by atoms with Crippen LogP contribution in [0.1, 0.15) is 16.7 Å². The zero-order chi connectivity index (χ0) is 20.4. The van der Waals surface area contributed by atoms with Crippen molar-refractivity contribution in [3.63, 3.8) is 0 Å². The van der Waals surface area contributed by atoms with Crippen LogP contribution in [0, 0.1) is 0 Å². The van der Waals surface area contributed by atoms with Crippen molar-refractivity contribution in [1.82, 2.24) is 0 Å². The first-order valence-electron chi connectivity index (χ1n) is 9.52. The third-order valence-corrected chi connectivity index (χ3v) is 4.73. The molecule has 0 aliphatic carbocycles. The highest BCUT2D eigenvalue weighted by Gasteiger charge is 2.37. The Morgan fingerprint density at radius 2 is 1.28 bits per heavy atom. The van der Waals surface area contributed by atoms with Crippen molar-refractivity contribution in [2.24, 2.45) is 5.16 Å². The normalized spacial score (nSPS) is 12.7. The molecule has 29 heavy (non-hydrogen) atoms. The van der Waals surface area contributed by atoms with Gasteiger partial charge in [0.1, 0.15) is 5.60 Å². The molecule has 4 nitrogen and oxygen atoms in total. The van der Waals surface area contributed by atoms with E-state index in [1.54, 1.807) is 6.08 Å². The van der Waals surface area contributed by atoms with E-state index in [1.165, 1.54) is 6.21 Å². The molecule has 0 aromatic heterocycles. The summed E-state index contributed by atoms with van der Waals surface area (Å²) in [6.07, 6.45) is 2.62. The van der Waals surface area contributed by atoms with Crippen LogP contribution in [-0.2, 0) is 15.1 Å². The molecule has 0 aliphatic rings. The lowest BCUT2D eigenvalue weighted by Crippen LogP contribution is -2.36. The second kappa shape index (κ2) is 10.4. The Bertz CT molecular complexity index is 798. The summed E-state index contributed by atoms with van der Waals surface area (Å²) in [5.74, 6) is 0. The lowest BCUT2D eigenvalue weighted by atomic mass is 9.80. The lowest BCUT2D eigenvalue weighted by molar-refractivity contribution is -0.0409. The van der Waals surface area contributed by atoms with Gasteiger partial charge in [0.15, 0.2) is 0 Å². The van der Waals surface area contributed by atoms with E-state index < -0.39 is 5.60 Å². The Balaban J connectivity index is 2.06. The molecule has 0 fully saturated rings. The van der Waals surface area contributed by atoms with Gasteiger partial charge in [-0.1, -0.05) is 102 Å². The SMILES string of the molecule is C=CC(COC(c1ccccc1)(c1ccccc1)c1ccccc1)OCC=NO. The minimum absolute atomic E-state index is 0.172. The number of ether oxygens (including phenoxy) is 2. The summed E-state index contributed by atoms with van der Waals surface area (Å²) in [5, 5.41) is 11.6. The van der Waals surface area contributed by atoms with Gasteiger partial charge in [-0.2, -0.15) is 0 Å². The zero-order valence-corrected chi connectivity index (χ0v) is 16.2. The Morgan fingerprint density at radius 3 is 1.66 bits per heavy atom. The van der Waals surface area contributed by atoms with Crippen LogP contribution in [-0.4, -0.2) is 30.7 Å². The second-order valence-corrected chi connectivity index (χ2v) is 6.50. The number of hydrogen-bond acceptors (Lipinski definition) is 4. The second-order valence-electron chi connectivity index (χ2n) is 6.50. The lowest BCUT2D eigenvalue weighted by Gasteiger charge is -2.36. The van der Waals surface area contributed by atoms with E-state index >= 15 is 0 Å². The molecule has 0 spiro atoms. The van der Waals surface area contributed by atoms with Crippen molar-refractivity contribution >= 4 is 6.21 Å². The fraction of sp³-hybridized carbons (Fsp3) is 0.160. The maximum atomic E-state index is 8.59. The highest BCUT2D eigenvalue weighted by Crippen LogP contribution is 2.40. The van der Waals surface area contributed by atoms with Crippen LogP contribution in [0.3, 0.4) is 0 Å². The van der Waals surface area contributed by atoms with Crippen LogP contribution in [0.5, 0.6) is 0 Å². The summed E-state index contributed by atoms with van der Waals surface area (Å²) in [6.45, 7) is 4.30. The van der Waals surface area contributed by atoms with Gasteiger partial charge in [0, 0.05) is 0 Å². The molecule has 3 aromatic carbocycles. The topological polar surface area (TPSA) is 51.0 Å². The largest absolute Gasteiger partial charge is 0.411 e. The van der Waals surface area contributed by atoms with E-state index in [-0.39, 0.29) is 19.3 Å². The maximum Gasteiger partial charge on any atom is 0.143 e. The predicted molar refractivity (Wildman–Crippen MR) is 115 cm³/mol. The monoisotopic (exact) mass is 387 g/mol. The van der Waals surface area contributed by atoms with Gasteiger partial charge in [0.2, 0.25) is 0 Å². The first-order chi connectivity index (χ1) is 14.3. The zero-order valence-electron chi connectivity index (χ0n) is 16.2. The van der Waals surface area contributed by atoms with Gasteiger partial charge in [-0.25, -0.2) is 0 Å². The van der Waals surface area contributed by atoms with Crippen molar-refractivity contribution in [2.45, 2.75) is 11.7 Å². The Hall–Kier alpha value is -3.21. The molecule has 148 valence electrons. The van der Waals surface area contributed by atoms with Gasteiger partial charge in [-0.3, -0.25) is 0 Å². The van der Waals surface area contributed by atoms with E-state index in [0.29, 0.717) is 0 Å². The minimum atomic E-state index is -0.806. The van der Waals surface area contributed by atoms with E-state index in [4.69, 9.17) is 14.7 Å². The number of benzene rings is 3. The molecule has 4 heteroatoms. The van der Waals surface area contributed by atoms with Gasteiger partial charge in [0.25, 0.3) is 0 Å². The van der Waals surface area contributed by atoms with E-state index in [2.05, 4.69) is 48.1 Å². The molecule has 1 unspecified atom stereocenters. The summed E-state index contributed by atoms with van der Waals surface area (Å²) in [7, 11) is 0. The molecule has 0 saturated carbocycles. The van der Waals surface area contributed by atoms with Crippen molar-refractivity contribution < 1.29 is 14.7 Å². The molecule has 0 amide bonds. The number of nitrogens with zero attached hydrogens (tertiary/aromatic N) is 1. The number of rotatable bonds is 10. The highest BCUT2D eigenvalue weighted by atomic mass is 16.5. The van der Waals surface area contributed by atoms with Gasteiger partial charge < -0.3 is 14.7 Å². The molecule has 0 bridgehead atoms. The molecule has 0 radical (unpaired) electrons. The molecule has 1 atom stereocenters. The van der Waals surface area contributed by atoms with Crippen molar-refractivity contribution in [1.29, 1.82) is 0 Å². The van der Waals surface area contributed by atoms with Crippen molar-refractivity contribution in [3.8, 4) is 0 Å². The van der Waals surface area contributed by atoms with Crippen LogP contribution >= 0.6 is 0 Å². The smallest absolute Gasteiger partial charge is 0.143 e. The molecule has 1 N–H and O–H groups in total. The first kappa shape index (κ1) is 20.5. The van der Waals surface area contributed by atoms with Crippen LogP contribution in [0.15, 0.2) is 109 Å². The summed E-state index contributed by atoms with van der Waals surface area (Å²) in [5.41, 5.74) is 2.27. The van der Waals surface area contributed by atoms with Crippen LogP contribution < -0.4 is 0 Å². The van der Waals surface area contributed by atoms with E-state index in [1.807, 2.05) is 54.6 Å². The maximum absolute atomic E-state index is 8.59. The Labute approximate surface area is 171 Å². The molecular formula is C25H25NO3. The molecule has 0 aliphatic heterocycles. The van der Waals surface area contributed by atoms with Crippen molar-refractivity contribution in [2.75, 3.05) is 13.2 Å². The number of oxime groups is 1. The molecule has 0 heterocycles. The molecule has 3 rings (SSSR count). The summed E-state index contributed by atoms with van der Waals surface area (Å²) >= 11 is 0. The van der Waals surface area contributed by atoms with Gasteiger partial charge in [-0.15, -0.1) is 6.58 Å². The molecule has 0 saturated heterocycles. The summed E-state index contributed by atoms with van der Waals surface area (Å²) in [6, 6.07) is 30.5. The molecule has 3 aromatic rings. The third-order valence-electron chi connectivity index (χ3n) is 4.73. The standard InChI is InChI=1S/C25H25NO3/c1-2-24(28-19-18-26-27)20-29-25(21-12-6-3-7-13-21,22-14-8-4-9-15-22)23-16-10-5-11-17-23/h2-18,24,27H,1,19-20H2. The summed E-state index contributed by atoms with van der Waals surface area (Å²) in [4.78, 5) is 0. The van der Waals surface area contributed by atoms with Crippen LogP contribution in [0.25, 0.3) is 0 Å². The minimum Gasteiger partial charge on any atom is -0.411 e. The van der Waals surface area contributed by atoms with Crippen LogP contribution in [0.4, 0.5) is 0 Å². The third kappa shape index (κ3) is 4.80. The average molecular weight is 387 g/mol. The van der Waals surface area contributed by atoms with Gasteiger partial charge in [0.05, 0.1) is 25.5 Å². The van der Waals surface area contributed by atoms with E-state index in [9.17, 15) is 0 Å². The van der Waals surface area contributed by atoms with Crippen molar-refractivity contribution in [3.05, 3.63) is 120 Å². The Morgan fingerprint density at radius 1 is 0.828 bits per heavy atom. The van der Waals surface area contributed by atoms with Crippen LogP contribution in [0.2, 0.25) is 0 Å². The predicted octanol–water partition coefficient (Wildman–Crippen LogP) is 5.03. The average Bonchev–Trinajstić information content (AvgIpc) is 2.80. The Kier molecular flexibility index (Phi) is 7.34.